The second kappa shape index (κ2) is 5.07. The van der Waals surface area contributed by atoms with Gasteiger partial charge >= 0.3 is 0 Å². The molecule has 1 aliphatic heterocycles. The van der Waals surface area contributed by atoms with Crippen LogP contribution in [0.3, 0.4) is 0 Å². The maximum absolute atomic E-state index is 6.00. The highest BCUT2D eigenvalue weighted by Gasteiger charge is 2.41. The molecule has 2 fully saturated rings. The largest absolute Gasteiger partial charge is 0.303 e. The first-order valence-corrected chi connectivity index (χ1v) is 6.77. The molecule has 0 aromatic carbocycles. The Bertz CT molecular complexity index is 259. The Morgan fingerprint density at radius 2 is 1.94 bits per heavy atom. The van der Waals surface area contributed by atoms with E-state index in [0.29, 0.717) is 5.54 Å². The van der Waals surface area contributed by atoms with Crippen LogP contribution in [0.1, 0.15) is 32.1 Å². The standard InChI is InChI=1S/C13H23ClN2/c1-12(14)10-16-9-8-15(2)11-13(16)6-4-3-5-7-13/h1,3-11H2,2H3. The summed E-state index contributed by atoms with van der Waals surface area (Å²) in [6.45, 7) is 8.23. The highest BCUT2D eigenvalue weighted by molar-refractivity contribution is 6.29. The van der Waals surface area contributed by atoms with Crippen molar-refractivity contribution in [2.45, 2.75) is 37.6 Å². The van der Waals surface area contributed by atoms with Crippen molar-refractivity contribution in [3.8, 4) is 0 Å². The molecule has 0 amide bonds. The van der Waals surface area contributed by atoms with Crippen molar-refractivity contribution in [2.24, 2.45) is 0 Å². The van der Waals surface area contributed by atoms with E-state index in [1.54, 1.807) is 0 Å². The van der Waals surface area contributed by atoms with Crippen LogP contribution >= 0.6 is 11.6 Å². The molecule has 3 heteroatoms. The quantitative estimate of drug-likeness (QED) is 0.735. The fraction of sp³-hybridized carbons (Fsp3) is 0.846. The maximum Gasteiger partial charge on any atom is 0.0342 e. The zero-order valence-electron chi connectivity index (χ0n) is 10.3. The summed E-state index contributed by atoms with van der Waals surface area (Å²) in [5, 5.41) is 0.787. The molecular formula is C13H23ClN2. The lowest BCUT2D eigenvalue weighted by molar-refractivity contribution is -0.0107. The lowest BCUT2D eigenvalue weighted by Crippen LogP contribution is -2.62. The Kier molecular flexibility index (Phi) is 3.93. The summed E-state index contributed by atoms with van der Waals surface area (Å²) in [6, 6.07) is 0. The van der Waals surface area contributed by atoms with Crippen molar-refractivity contribution in [1.29, 1.82) is 0 Å². The Labute approximate surface area is 104 Å². The number of halogens is 1. The second-order valence-electron chi connectivity index (χ2n) is 5.46. The smallest absolute Gasteiger partial charge is 0.0342 e. The molecule has 0 radical (unpaired) electrons. The third-order valence-electron chi connectivity index (χ3n) is 4.13. The number of hydrogen-bond donors (Lipinski definition) is 0. The molecule has 0 aromatic rings. The van der Waals surface area contributed by atoms with Crippen molar-refractivity contribution in [2.75, 3.05) is 33.2 Å². The van der Waals surface area contributed by atoms with Gasteiger partial charge in [0.25, 0.3) is 0 Å². The van der Waals surface area contributed by atoms with Gasteiger partial charge in [0.05, 0.1) is 0 Å². The van der Waals surface area contributed by atoms with Crippen LogP contribution in [0.25, 0.3) is 0 Å². The summed E-state index contributed by atoms with van der Waals surface area (Å²) in [5.74, 6) is 0. The fourth-order valence-electron chi connectivity index (χ4n) is 3.35. The lowest BCUT2D eigenvalue weighted by atomic mass is 9.78. The summed E-state index contributed by atoms with van der Waals surface area (Å²) < 4.78 is 0. The van der Waals surface area contributed by atoms with Crippen LogP contribution < -0.4 is 0 Å². The van der Waals surface area contributed by atoms with Crippen LogP contribution in [0.5, 0.6) is 0 Å². The molecule has 2 rings (SSSR count). The van der Waals surface area contributed by atoms with Gasteiger partial charge in [-0.2, -0.15) is 0 Å². The minimum Gasteiger partial charge on any atom is -0.303 e. The molecule has 0 N–H and O–H groups in total. The van der Waals surface area contributed by atoms with Crippen LogP contribution in [0.15, 0.2) is 11.6 Å². The lowest BCUT2D eigenvalue weighted by Gasteiger charge is -2.52. The van der Waals surface area contributed by atoms with Gasteiger partial charge in [-0.1, -0.05) is 37.4 Å². The molecule has 0 bridgehead atoms. The zero-order chi connectivity index (χ0) is 11.6. The SMILES string of the molecule is C=C(Cl)CN1CCN(C)CC12CCCCC2. The Balaban J connectivity index is 2.10. The molecule has 0 atom stereocenters. The van der Waals surface area contributed by atoms with Crippen LogP contribution in [0.2, 0.25) is 0 Å². The highest BCUT2D eigenvalue weighted by Crippen LogP contribution is 2.36. The molecule has 0 aromatic heterocycles. The van der Waals surface area contributed by atoms with Crippen molar-refractivity contribution in [3.05, 3.63) is 11.6 Å². The van der Waals surface area contributed by atoms with Gasteiger partial charge in [-0.15, -0.1) is 0 Å². The van der Waals surface area contributed by atoms with Gasteiger partial charge in [-0.05, 0) is 19.9 Å². The first-order valence-electron chi connectivity index (χ1n) is 6.39. The first kappa shape index (κ1) is 12.4. The average Bonchev–Trinajstić information content (AvgIpc) is 2.23. The predicted octanol–water partition coefficient (Wildman–Crippen LogP) is 2.69. The highest BCUT2D eigenvalue weighted by atomic mass is 35.5. The third-order valence-corrected chi connectivity index (χ3v) is 4.25. The molecule has 1 aliphatic carbocycles. The minimum atomic E-state index is 0.392. The van der Waals surface area contributed by atoms with E-state index in [1.807, 2.05) is 0 Å². The summed E-state index contributed by atoms with van der Waals surface area (Å²) in [5.41, 5.74) is 0.392. The summed E-state index contributed by atoms with van der Waals surface area (Å²) in [4.78, 5) is 5.06. The normalized spacial score (nSPS) is 27.1. The molecule has 2 aliphatic rings. The third kappa shape index (κ3) is 2.61. The summed E-state index contributed by atoms with van der Waals surface area (Å²) in [6.07, 6.45) is 6.82. The second-order valence-corrected chi connectivity index (χ2v) is 6.00. The van der Waals surface area contributed by atoms with Crippen LogP contribution in [0, 0.1) is 0 Å². The number of likely N-dealkylation sites (N-methyl/N-ethyl adjacent to an activating group) is 1. The molecule has 1 saturated heterocycles. The number of nitrogens with zero attached hydrogens (tertiary/aromatic N) is 2. The summed E-state index contributed by atoms with van der Waals surface area (Å²) in [7, 11) is 2.24. The molecule has 0 unspecified atom stereocenters. The van der Waals surface area contributed by atoms with Gasteiger partial charge in [0, 0.05) is 36.8 Å². The van der Waals surface area contributed by atoms with E-state index in [4.69, 9.17) is 11.6 Å². The van der Waals surface area contributed by atoms with Crippen molar-refractivity contribution in [3.63, 3.8) is 0 Å². The van der Waals surface area contributed by atoms with Crippen molar-refractivity contribution >= 4 is 11.6 Å². The monoisotopic (exact) mass is 242 g/mol. The molecule has 1 spiro atoms. The number of hydrogen-bond acceptors (Lipinski definition) is 2. The fourth-order valence-corrected chi connectivity index (χ4v) is 3.49. The number of piperazine rings is 1. The molecule has 1 heterocycles. The Morgan fingerprint density at radius 3 is 2.56 bits per heavy atom. The molecule has 92 valence electrons. The van der Waals surface area contributed by atoms with Crippen LogP contribution in [-0.4, -0.2) is 48.6 Å². The minimum absolute atomic E-state index is 0.392. The maximum atomic E-state index is 6.00. The molecule has 1 saturated carbocycles. The van der Waals surface area contributed by atoms with Gasteiger partial charge in [0.15, 0.2) is 0 Å². The zero-order valence-corrected chi connectivity index (χ0v) is 11.1. The summed E-state index contributed by atoms with van der Waals surface area (Å²) >= 11 is 6.00. The van der Waals surface area contributed by atoms with E-state index < -0.39 is 0 Å². The molecule has 2 nitrogen and oxygen atoms in total. The van der Waals surface area contributed by atoms with Gasteiger partial charge in [-0.25, -0.2) is 0 Å². The Hall–Kier alpha value is -0.0500. The van der Waals surface area contributed by atoms with Gasteiger partial charge in [0.1, 0.15) is 0 Å². The van der Waals surface area contributed by atoms with Crippen LogP contribution in [0.4, 0.5) is 0 Å². The van der Waals surface area contributed by atoms with E-state index >= 15 is 0 Å². The van der Waals surface area contributed by atoms with E-state index in [-0.39, 0.29) is 0 Å². The topological polar surface area (TPSA) is 6.48 Å². The van der Waals surface area contributed by atoms with Crippen molar-refractivity contribution < 1.29 is 0 Å². The van der Waals surface area contributed by atoms with Crippen LogP contribution in [-0.2, 0) is 0 Å². The Morgan fingerprint density at radius 1 is 1.25 bits per heavy atom. The van der Waals surface area contributed by atoms with Crippen molar-refractivity contribution in [1.82, 2.24) is 9.80 Å². The van der Waals surface area contributed by atoms with E-state index in [2.05, 4.69) is 23.4 Å². The first-order chi connectivity index (χ1) is 7.62. The molecule has 16 heavy (non-hydrogen) atoms. The predicted molar refractivity (Wildman–Crippen MR) is 69.9 cm³/mol. The van der Waals surface area contributed by atoms with E-state index in [9.17, 15) is 0 Å². The molecular weight excluding hydrogens is 220 g/mol. The van der Waals surface area contributed by atoms with Gasteiger partial charge in [-0.3, -0.25) is 4.90 Å². The number of rotatable bonds is 2. The van der Waals surface area contributed by atoms with Gasteiger partial charge in [0.2, 0.25) is 0 Å². The van der Waals surface area contributed by atoms with E-state index in [1.165, 1.54) is 38.6 Å². The average molecular weight is 243 g/mol. The van der Waals surface area contributed by atoms with Gasteiger partial charge < -0.3 is 4.90 Å². The van der Waals surface area contributed by atoms with E-state index in [0.717, 1.165) is 24.7 Å².